The molecule has 6 heteroatoms. The number of halogens is 4. The molecule has 0 atom stereocenters. The molecule has 0 saturated heterocycles. The topological polar surface area (TPSA) is 9.23 Å². The number of rotatable bonds is 2. The maximum absolute atomic E-state index is 5.76. The molecule has 2 aromatic carbocycles. The van der Waals surface area contributed by atoms with Gasteiger partial charge in [-0.05, 0) is 48.5 Å². The maximum Gasteiger partial charge on any atom is 2.00 e. The van der Waals surface area contributed by atoms with Crippen molar-refractivity contribution in [1.82, 2.24) is 0 Å². The average molecular weight is 423 g/mol. The van der Waals surface area contributed by atoms with Crippen LogP contribution in [0.4, 0.5) is 0 Å². The van der Waals surface area contributed by atoms with Crippen LogP contribution in [0.1, 0.15) is 0 Å². The van der Waals surface area contributed by atoms with E-state index in [1.165, 1.54) is 0 Å². The Morgan fingerprint density at radius 2 is 0.889 bits per heavy atom. The van der Waals surface area contributed by atoms with Gasteiger partial charge in [0.1, 0.15) is 11.5 Å². The van der Waals surface area contributed by atoms with Gasteiger partial charge in [-0.3, -0.25) is 0 Å². The smallest absolute Gasteiger partial charge is 1.00 e. The molecule has 0 saturated carbocycles. The molecule has 0 N–H and O–H groups in total. The van der Waals surface area contributed by atoms with Crippen molar-refractivity contribution in [2.24, 2.45) is 0 Å². The van der Waals surface area contributed by atoms with Crippen molar-refractivity contribution in [3.05, 3.63) is 58.6 Å². The van der Waals surface area contributed by atoms with E-state index >= 15 is 0 Å². The molecule has 0 fully saturated rings. The minimum atomic E-state index is 0. The molecule has 1 nitrogen and oxygen atoms in total. The Labute approximate surface area is 154 Å². The Morgan fingerprint density at radius 3 is 1.17 bits per heavy atom. The van der Waals surface area contributed by atoms with Crippen LogP contribution in [0.5, 0.6) is 11.5 Å². The van der Waals surface area contributed by atoms with Crippen molar-refractivity contribution in [1.29, 1.82) is 0 Å². The molecule has 2 aromatic rings. The maximum atomic E-state index is 5.76. The first-order valence-electron chi connectivity index (χ1n) is 4.43. The molecule has 0 aliphatic rings. The Morgan fingerprint density at radius 1 is 0.611 bits per heavy atom. The predicted octanol–water partition coefficient (Wildman–Crippen LogP) is -1.59. The molecule has 0 aromatic heterocycles. The van der Waals surface area contributed by atoms with Crippen LogP contribution in [0.2, 0.25) is 10.0 Å². The van der Waals surface area contributed by atoms with Crippen LogP contribution in [0.25, 0.3) is 0 Å². The van der Waals surface area contributed by atoms with Gasteiger partial charge < -0.3 is 38.7 Å². The zero-order chi connectivity index (χ0) is 10.7. The quantitative estimate of drug-likeness (QED) is 0.530. The Kier molecular flexibility index (Phi) is 12.0. The zero-order valence-electron chi connectivity index (χ0n) is 9.25. The van der Waals surface area contributed by atoms with E-state index in [2.05, 4.69) is 0 Å². The Hall–Kier alpha value is 0.546. The number of benzene rings is 2. The molecule has 92 valence electrons. The second-order valence-corrected chi connectivity index (χ2v) is 3.88. The summed E-state index contributed by atoms with van der Waals surface area (Å²) in [6, 6.07) is 14.4. The van der Waals surface area contributed by atoms with Gasteiger partial charge >= 0.3 is 23.1 Å². The first kappa shape index (κ1) is 20.9. The van der Waals surface area contributed by atoms with E-state index in [9.17, 15) is 0 Å². The van der Waals surface area contributed by atoms with Crippen molar-refractivity contribution in [3.63, 3.8) is 0 Å². The van der Waals surface area contributed by atoms with E-state index in [0.29, 0.717) is 10.0 Å². The van der Waals surface area contributed by atoms with Crippen molar-refractivity contribution in [2.45, 2.75) is 0 Å². The van der Waals surface area contributed by atoms with E-state index in [4.69, 9.17) is 27.9 Å². The van der Waals surface area contributed by atoms with Gasteiger partial charge in [-0.15, -0.1) is 0 Å². The third-order valence-corrected chi connectivity index (χ3v) is 2.37. The standard InChI is InChI=1S/C12H8Cl2O.2BrH.Mg/c13-9-1-5-11(6-2-9)15-12-7-3-10(14)4-8-12;;;/h1-8H;2*1H;/q;;;+2/p-2. The summed E-state index contributed by atoms with van der Waals surface area (Å²) < 4.78 is 5.57. The summed E-state index contributed by atoms with van der Waals surface area (Å²) in [5.74, 6) is 1.50. The molecular weight excluding hydrogens is 415 g/mol. The molecule has 0 aliphatic carbocycles. The van der Waals surface area contributed by atoms with E-state index in [-0.39, 0.29) is 57.0 Å². The molecule has 0 heterocycles. The average Bonchev–Trinajstić information content (AvgIpc) is 2.25. The number of hydrogen-bond acceptors (Lipinski definition) is 1. The minimum absolute atomic E-state index is 0. The van der Waals surface area contributed by atoms with Gasteiger partial charge in [0.25, 0.3) is 0 Å². The fourth-order valence-corrected chi connectivity index (χ4v) is 1.39. The van der Waals surface area contributed by atoms with Crippen LogP contribution in [0.15, 0.2) is 48.5 Å². The summed E-state index contributed by atoms with van der Waals surface area (Å²) >= 11 is 11.5. The number of ether oxygens (including phenoxy) is 1. The molecule has 0 aliphatic heterocycles. The van der Waals surface area contributed by atoms with Crippen LogP contribution in [0, 0.1) is 0 Å². The van der Waals surface area contributed by atoms with Crippen molar-refractivity contribution < 1.29 is 38.7 Å². The van der Waals surface area contributed by atoms with Crippen LogP contribution >= 0.6 is 23.2 Å². The molecule has 0 radical (unpaired) electrons. The van der Waals surface area contributed by atoms with Crippen LogP contribution in [-0.4, -0.2) is 23.1 Å². The summed E-state index contributed by atoms with van der Waals surface area (Å²) in [7, 11) is 0. The number of hydrogen-bond donors (Lipinski definition) is 0. The van der Waals surface area contributed by atoms with Gasteiger partial charge in [0.15, 0.2) is 0 Å². The van der Waals surface area contributed by atoms with Gasteiger partial charge in [-0.1, -0.05) is 23.2 Å². The summed E-state index contributed by atoms with van der Waals surface area (Å²) in [5, 5.41) is 1.39. The zero-order valence-corrected chi connectivity index (χ0v) is 15.3. The minimum Gasteiger partial charge on any atom is -1.00 e. The third kappa shape index (κ3) is 6.64. The van der Waals surface area contributed by atoms with Gasteiger partial charge in [0, 0.05) is 10.0 Å². The van der Waals surface area contributed by atoms with Crippen molar-refractivity contribution in [2.75, 3.05) is 0 Å². The summed E-state index contributed by atoms with van der Waals surface area (Å²) in [6.07, 6.45) is 0. The van der Waals surface area contributed by atoms with Crippen LogP contribution in [-0.2, 0) is 0 Å². The van der Waals surface area contributed by atoms with Gasteiger partial charge in [-0.2, -0.15) is 0 Å². The molecule has 0 spiro atoms. The molecule has 0 amide bonds. The predicted molar refractivity (Wildman–Crippen MR) is 68.7 cm³/mol. The normalized spacial score (nSPS) is 8.33. The second-order valence-electron chi connectivity index (χ2n) is 3.01. The van der Waals surface area contributed by atoms with E-state index in [1.807, 2.05) is 24.3 Å². The monoisotopic (exact) mass is 420 g/mol. The summed E-state index contributed by atoms with van der Waals surface area (Å²) in [6.45, 7) is 0. The van der Waals surface area contributed by atoms with Gasteiger partial charge in [0.05, 0.1) is 0 Å². The molecule has 18 heavy (non-hydrogen) atoms. The largest absolute Gasteiger partial charge is 2.00 e. The SMILES string of the molecule is Clc1ccc(Oc2ccc(Cl)cc2)cc1.[Br-].[Br-].[Mg+2]. The van der Waals surface area contributed by atoms with Gasteiger partial charge in [0.2, 0.25) is 0 Å². The fraction of sp³-hybridized carbons (Fsp3) is 0. The first-order valence-corrected chi connectivity index (χ1v) is 5.18. The third-order valence-electron chi connectivity index (χ3n) is 1.86. The van der Waals surface area contributed by atoms with E-state index in [0.717, 1.165) is 11.5 Å². The molecule has 0 unspecified atom stereocenters. The summed E-state index contributed by atoms with van der Waals surface area (Å²) in [5.41, 5.74) is 0. The van der Waals surface area contributed by atoms with Gasteiger partial charge in [-0.25, -0.2) is 0 Å². The Balaban J connectivity index is 0. The summed E-state index contributed by atoms with van der Waals surface area (Å²) in [4.78, 5) is 0. The van der Waals surface area contributed by atoms with Crippen LogP contribution in [0.3, 0.4) is 0 Å². The molecular formula is C12H8Br2Cl2MgO. The van der Waals surface area contributed by atoms with Crippen molar-refractivity contribution in [3.8, 4) is 11.5 Å². The van der Waals surface area contributed by atoms with E-state index in [1.54, 1.807) is 24.3 Å². The van der Waals surface area contributed by atoms with Crippen molar-refractivity contribution >= 4 is 46.3 Å². The molecule has 2 rings (SSSR count). The second kappa shape index (κ2) is 10.3. The van der Waals surface area contributed by atoms with E-state index < -0.39 is 0 Å². The first-order chi connectivity index (χ1) is 7.24. The van der Waals surface area contributed by atoms with Crippen LogP contribution < -0.4 is 38.7 Å². The fourth-order valence-electron chi connectivity index (χ4n) is 1.14. The Bertz CT molecular complexity index is 405. The molecule has 0 bridgehead atoms.